The Kier molecular flexibility index (Phi) is 6.26. The van der Waals surface area contributed by atoms with Gasteiger partial charge in [0.05, 0.1) is 12.3 Å². The van der Waals surface area contributed by atoms with E-state index >= 15 is 0 Å². The second-order valence-electron chi connectivity index (χ2n) is 7.91. The van der Waals surface area contributed by atoms with Crippen LogP contribution in [-0.4, -0.2) is 64.6 Å². The summed E-state index contributed by atoms with van der Waals surface area (Å²) in [5.74, 6) is 0.857. The molecule has 0 radical (unpaired) electrons. The maximum absolute atomic E-state index is 10.5. The van der Waals surface area contributed by atoms with Gasteiger partial charge in [-0.25, -0.2) is 0 Å². The molecule has 4 rings (SSSR count). The molecule has 0 aromatic heterocycles. The molecular weight excluding hydrogens is 386 g/mol. The molecule has 162 valence electrons. The first-order valence-electron chi connectivity index (χ1n) is 10.4. The first-order valence-corrected chi connectivity index (χ1v) is 10.4. The molecular formula is C23H29NO6. The number of anilines is 1. The van der Waals surface area contributed by atoms with Gasteiger partial charge < -0.3 is 35.2 Å². The lowest BCUT2D eigenvalue weighted by Gasteiger charge is -2.40. The minimum atomic E-state index is -1.39. The zero-order valence-electron chi connectivity index (χ0n) is 17.0. The van der Waals surface area contributed by atoms with E-state index in [1.165, 1.54) is 5.56 Å². The topological polar surface area (TPSA) is 111 Å². The predicted octanol–water partition coefficient (Wildman–Crippen LogP) is 1.16. The smallest absolute Gasteiger partial charge is 0.142 e. The molecule has 5 atom stereocenters. The Morgan fingerprint density at radius 1 is 1.00 bits per heavy atom. The van der Waals surface area contributed by atoms with E-state index < -0.39 is 37.1 Å². The summed E-state index contributed by atoms with van der Waals surface area (Å²) in [6, 6.07) is 12.0. The number of aryl methyl sites for hydroxylation is 1. The van der Waals surface area contributed by atoms with Gasteiger partial charge in [0.1, 0.15) is 42.9 Å². The zero-order valence-corrected chi connectivity index (χ0v) is 17.0. The molecule has 7 heteroatoms. The van der Waals surface area contributed by atoms with Gasteiger partial charge in [0.15, 0.2) is 0 Å². The van der Waals surface area contributed by atoms with E-state index in [1.807, 2.05) is 30.3 Å². The lowest BCUT2D eigenvalue weighted by Crippen LogP contribution is -2.55. The van der Waals surface area contributed by atoms with Gasteiger partial charge in [-0.05, 0) is 47.2 Å². The Bertz CT molecular complexity index is 886. The van der Waals surface area contributed by atoms with Crippen LogP contribution < -0.4 is 10.1 Å². The Morgan fingerprint density at radius 3 is 2.60 bits per heavy atom. The standard InChI is InChI=1S/C23H29NO6/c1-2-14-4-5-15(23-22(28)21(27)20(26)19(12-25)30-23)11-16(14)9-13-3-6-18-17(10-13)24-7-8-29-18/h3-6,10-11,19-28H,2,7-9,12H2,1H3/t19-,20-,21+,22-,23+/m1/s1. The molecule has 0 spiro atoms. The fourth-order valence-corrected chi connectivity index (χ4v) is 4.23. The second-order valence-corrected chi connectivity index (χ2v) is 7.91. The van der Waals surface area contributed by atoms with E-state index in [2.05, 4.69) is 18.3 Å². The van der Waals surface area contributed by atoms with Gasteiger partial charge in [0.2, 0.25) is 0 Å². The van der Waals surface area contributed by atoms with Gasteiger partial charge in [-0.15, -0.1) is 0 Å². The van der Waals surface area contributed by atoms with Crippen molar-refractivity contribution in [3.05, 3.63) is 58.7 Å². The number of aliphatic hydroxyl groups excluding tert-OH is 4. The number of rotatable bonds is 5. The summed E-state index contributed by atoms with van der Waals surface area (Å²) in [7, 11) is 0. The van der Waals surface area contributed by atoms with E-state index in [9.17, 15) is 20.4 Å². The van der Waals surface area contributed by atoms with Crippen LogP contribution in [0.4, 0.5) is 5.69 Å². The van der Waals surface area contributed by atoms with Crippen molar-refractivity contribution in [1.29, 1.82) is 0 Å². The summed E-state index contributed by atoms with van der Waals surface area (Å²) in [6.07, 6.45) is -4.23. The van der Waals surface area contributed by atoms with Crippen LogP contribution in [0.15, 0.2) is 36.4 Å². The molecule has 7 nitrogen and oxygen atoms in total. The first-order chi connectivity index (χ1) is 14.5. The number of benzene rings is 2. The number of aliphatic hydroxyl groups is 4. The number of ether oxygens (including phenoxy) is 2. The summed E-state index contributed by atoms with van der Waals surface area (Å²) < 4.78 is 11.4. The summed E-state index contributed by atoms with van der Waals surface area (Å²) in [5.41, 5.74) is 5.11. The summed E-state index contributed by atoms with van der Waals surface area (Å²) in [4.78, 5) is 0. The van der Waals surface area contributed by atoms with Crippen LogP contribution >= 0.6 is 0 Å². The van der Waals surface area contributed by atoms with E-state index in [-0.39, 0.29) is 0 Å². The number of hydrogen-bond acceptors (Lipinski definition) is 7. The van der Waals surface area contributed by atoms with Crippen molar-refractivity contribution in [2.75, 3.05) is 25.1 Å². The van der Waals surface area contributed by atoms with Crippen LogP contribution in [0.2, 0.25) is 0 Å². The highest BCUT2D eigenvalue weighted by Gasteiger charge is 2.44. The fraction of sp³-hybridized carbons (Fsp3) is 0.478. The predicted molar refractivity (Wildman–Crippen MR) is 112 cm³/mol. The van der Waals surface area contributed by atoms with Crippen molar-refractivity contribution < 1.29 is 29.9 Å². The van der Waals surface area contributed by atoms with Crippen LogP contribution in [0, 0.1) is 0 Å². The highest BCUT2D eigenvalue weighted by molar-refractivity contribution is 5.59. The van der Waals surface area contributed by atoms with Crippen LogP contribution in [0.25, 0.3) is 0 Å². The molecule has 0 aliphatic carbocycles. The van der Waals surface area contributed by atoms with E-state index in [1.54, 1.807) is 0 Å². The fourth-order valence-electron chi connectivity index (χ4n) is 4.23. The van der Waals surface area contributed by atoms with Crippen LogP contribution in [0.1, 0.15) is 35.3 Å². The van der Waals surface area contributed by atoms with Gasteiger partial charge in [-0.1, -0.05) is 31.2 Å². The molecule has 2 aliphatic heterocycles. The van der Waals surface area contributed by atoms with E-state index in [4.69, 9.17) is 9.47 Å². The molecule has 2 heterocycles. The highest BCUT2D eigenvalue weighted by Crippen LogP contribution is 2.34. The summed E-state index contributed by atoms with van der Waals surface area (Å²) >= 11 is 0. The van der Waals surface area contributed by atoms with E-state index in [0.29, 0.717) is 18.6 Å². The number of nitrogens with one attached hydrogen (secondary N) is 1. The molecule has 1 saturated heterocycles. The SMILES string of the molecule is CCc1ccc([C@@H]2O[C@H](CO)[C@@H](O)[C@H](O)[C@H]2O)cc1Cc1ccc2c(c1)NCCO2. The second kappa shape index (κ2) is 8.91. The lowest BCUT2D eigenvalue weighted by molar-refractivity contribution is -0.231. The third kappa shape index (κ3) is 4.04. The minimum Gasteiger partial charge on any atom is -0.490 e. The highest BCUT2D eigenvalue weighted by atomic mass is 16.5. The first kappa shape index (κ1) is 21.1. The van der Waals surface area contributed by atoms with Gasteiger partial charge in [-0.3, -0.25) is 0 Å². The monoisotopic (exact) mass is 415 g/mol. The molecule has 30 heavy (non-hydrogen) atoms. The molecule has 0 amide bonds. The normalized spacial score (nSPS) is 28.4. The Morgan fingerprint density at radius 2 is 1.83 bits per heavy atom. The molecule has 2 aliphatic rings. The third-order valence-electron chi connectivity index (χ3n) is 5.95. The average Bonchev–Trinajstić information content (AvgIpc) is 2.77. The maximum Gasteiger partial charge on any atom is 0.142 e. The largest absolute Gasteiger partial charge is 0.490 e. The van der Waals surface area contributed by atoms with Crippen LogP contribution in [-0.2, 0) is 17.6 Å². The van der Waals surface area contributed by atoms with Crippen molar-refractivity contribution in [2.24, 2.45) is 0 Å². The molecule has 2 aromatic carbocycles. The Balaban J connectivity index is 1.62. The van der Waals surface area contributed by atoms with Gasteiger partial charge in [-0.2, -0.15) is 0 Å². The molecule has 0 unspecified atom stereocenters. The molecule has 1 fully saturated rings. The quantitative estimate of drug-likeness (QED) is 0.498. The van der Waals surface area contributed by atoms with Crippen molar-refractivity contribution in [1.82, 2.24) is 0 Å². The number of hydrogen-bond donors (Lipinski definition) is 5. The van der Waals surface area contributed by atoms with Crippen LogP contribution in [0.5, 0.6) is 5.75 Å². The van der Waals surface area contributed by atoms with Crippen molar-refractivity contribution in [3.8, 4) is 5.75 Å². The van der Waals surface area contributed by atoms with Crippen molar-refractivity contribution in [3.63, 3.8) is 0 Å². The number of fused-ring (bicyclic) bond motifs is 1. The molecule has 0 bridgehead atoms. The van der Waals surface area contributed by atoms with Crippen molar-refractivity contribution in [2.45, 2.75) is 50.3 Å². The maximum atomic E-state index is 10.5. The third-order valence-corrected chi connectivity index (χ3v) is 5.95. The molecule has 2 aromatic rings. The summed E-state index contributed by atoms with van der Waals surface area (Å²) in [6.45, 7) is 3.09. The van der Waals surface area contributed by atoms with Crippen molar-refractivity contribution >= 4 is 5.69 Å². The average molecular weight is 415 g/mol. The Labute approximate surface area is 175 Å². The van der Waals surface area contributed by atoms with Gasteiger partial charge >= 0.3 is 0 Å². The molecule has 5 N–H and O–H groups in total. The van der Waals surface area contributed by atoms with Gasteiger partial charge in [0, 0.05) is 6.54 Å². The van der Waals surface area contributed by atoms with Gasteiger partial charge in [0.25, 0.3) is 0 Å². The Hall–Kier alpha value is -2.16. The summed E-state index contributed by atoms with van der Waals surface area (Å²) in [5, 5.41) is 43.5. The zero-order chi connectivity index (χ0) is 21.3. The molecule has 0 saturated carbocycles. The van der Waals surface area contributed by atoms with E-state index in [0.717, 1.165) is 35.5 Å². The van der Waals surface area contributed by atoms with Crippen LogP contribution in [0.3, 0.4) is 0 Å². The lowest BCUT2D eigenvalue weighted by atomic mass is 9.88. The minimum absolute atomic E-state index is 0.439.